The number of rotatable bonds is 6. The first-order valence-corrected chi connectivity index (χ1v) is 10.8. The van der Waals surface area contributed by atoms with Gasteiger partial charge in [-0.15, -0.1) is 0 Å². The molecule has 0 aliphatic carbocycles. The molecular weight excluding hydrogens is 425 g/mol. The minimum absolute atomic E-state index is 0.0591. The monoisotopic (exact) mass is 442 g/mol. The average Bonchev–Trinajstić information content (AvgIpc) is 2.96. The number of nitrogens with zero attached hydrogens (tertiary/aromatic N) is 4. The predicted molar refractivity (Wildman–Crippen MR) is 107 cm³/mol. The zero-order valence-electron chi connectivity index (χ0n) is 15.7. The minimum Gasteiger partial charge on any atom is -0.612 e. The van der Waals surface area contributed by atoms with Gasteiger partial charge in [0.05, 0.1) is 17.2 Å². The second-order valence-corrected chi connectivity index (χ2v) is 8.37. The van der Waals surface area contributed by atoms with E-state index in [1.165, 1.54) is 24.6 Å². The van der Waals surface area contributed by atoms with Crippen LogP contribution in [-0.2, 0) is 23.1 Å². The summed E-state index contributed by atoms with van der Waals surface area (Å²) in [5, 5.41) is 3.79. The Labute approximate surface area is 172 Å². The van der Waals surface area contributed by atoms with E-state index in [2.05, 4.69) is 15.1 Å². The summed E-state index contributed by atoms with van der Waals surface area (Å²) in [6, 6.07) is 7.72. The van der Waals surface area contributed by atoms with E-state index in [9.17, 15) is 17.7 Å². The summed E-state index contributed by atoms with van der Waals surface area (Å²) < 4.78 is 51.6. The maximum Gasteiger partial charge on any atom is 0.446 e. The zero-order chi connectivity index (χ0) is 21.2. The Bertz CT molecular complexity index is 1050. The highest BCUT2D eigenvalue weighted by atomic mass is 32.2. The first-order valence-electron chi connectivity index (χ1n) is 8.42. The zero-order valence-corrected chi connectivity index (χ0v) is 17.4. The standard InChI is InChI=1S/C18H17F3N4O2S2/c1-4-27-22-10-14-16(29(3)26)8-6-12(23-14)17-24-13-9-11(28-18(19,20)21)5-7-15(13)25(17)2/h5-10H,4H2,1-3H3. The summed E-state index contributed by atoms with van der Waals surface area (Å²) in [5.41, 5.74) is -2.43. The van der Waals surface area contributed by atoms with E-state index in [1.807, 2.05) is 0 Å². The number of hydrogen-bond donors (Lipinski definition) is 0. The summed E-state index contributed by atoms with van der Waals surface area (Å²) in [7, 11) is 1.75. The number of pyridine rings is 1. The molecule has 2 heterocycles. The summed E-state index contributed by atoms with van der Waals surface area (Å²) in [4.78, 5) is 14.4. The molecule has 1 unspecified atom stereocenters. The highest BCUT2D eigenvalue weighted by Gasteiger charge is 2.29. The average molecular weight is 442 g/mol. The molecule has 0 bridgehead atoms. The van der Waals surface area contributed by atoms with Gasteiger partial charge in [0, 0.05) is 11.9 Å². The van der Waals surface area contributed by atoms with Crippen LogP contribution in [0, 0.1) is 0 Å². The van der Waals surface area contributed by atoms with Gasteiger partial charge in [-0.25, -0.2) is 9.97 Å². The summed E-state index contributed by atoms with van der Waals surface area (Å²) >= 11 is -1.47. The quantitative estimate of drug-likeness (QED) is 0.245. The number of halogens is 3. The van der Waals surface area contributed by atoms with Crippen molar-refractivity contribution in [3.63, 3.8) is 0 Å². The van der Waals surface area contributed by atoms with Crippen LogP contribution in [-0.4, -0.2) is 43.7 Å². The number of thioether (sulfide) groups is 1. The number of alkyl halides is 3. The molecule has 0 fully saturated rings. The molecule has 0 saturated heterocycles. The molecule has 2 aromatic heterocycles. The first kappa shape index (κ1) is 21.5. The fraction of sp³-hybridized carbons (Fsp3) is 0.278. The lowest BCUT2D eigenvalue weighted by atomic mass is 10.3. The Morgan fingerprint density at radius 1 is 1.28 bits per heavy atom. The van der Waals surface area contributed by atoms with Gasteiger partial charge in [0.15, 0.2) is 10.7 Å². The van der Waals surface area contributed by atoms with Gasteiger partial charge in [0.2, 0.25) is 0 Å². The fourth-order valence-corrected chi connectivity index (χ4v) is 3.92. The molecule has 6 nitrogen and oxygen atoms in total. The molecule has 11 heteroatoms. The Hall–Kier alpha value is -2.24. The van der Waals surface area contributed by atoms with E-state index in [0.29, 0.717) is 39.7 Å². The summed E-state index contributed by atoms with van der Waals surface area (Å²) in [6.07, 6.45) is 2.91. The summed E-state index contributed by atoms with van der Waals surface area (Å²) in [6.45, 7) is 2.16. The van der Waals surface area contributed by atoms with Crippen molar-refractivity contribution in [2.24, 2.45) is 12.2 Å². The molecule has 0 saturated carbocycles. The van der Waals surface area contributed by atoms with Gasteiger partial charge in [-0.2, -0.15) is 13.2 Å². The fourth-order valence-electron chi connectivity index (χ4n) is 2.69. The van der Waals surface area contributed by atoms with Crippen LogP contribution in [0.25, 0.3) is 22.6 Å². The van der Waals surface area contributed by atoms with E-state index < -0.39 is 16.7 Å². The molecule has 0 amide bonds. The third-order valence-electron chi connectivity index (χ3n) is 3.89. The number of imidazole rings is 1. The van der Waals surface area contributed by atoms with Crippen molar-refractivity contribution in [2.75, 3.05) is 12.9 Å². The number of benzene rings is 1. The molecule has 0 N–H and O–H groups in total. The maximum absolute atomic E-state index is 12.6. The Morgan fingerprint density at radius 2 is 2.03 bits per heavy atom. The SMILES string of the molecule is CCON=Cc1nc(-c2nc3cc(SC(F)(F)F)ccc3n2C)ccc1[S+](C)[O-]. The topological polar surface area (TPSA) is 75.4 Å². The highest BCUT2D eigenvalue weighted by Crippen LogP contribution is 2.38. The smallest absolute Gasteiger partial charge is 0.446 e. The van der Waals surface area contributed by atoms with Gasteiger partial charge < -0.3 is 14.0 Å². The van der Waals surface area contributed by atoms with Crippen molar-refractivity contribution >= 4 is 40.2 Å². The van der Waals surface area contributed by atoms with Gasteiger partial charge >= 0.3 is 5.51 Å². The van der Waals surface area contributed by atoms with Crippen molar-refractivity contribution in [3.05, 3.63) is 36.0 Å². The normalized spacial score (nSPS) is 13.3. The lowest BCUT2D eigenvalue weighted by Crippen LogP contribution is -2.06. The number of fused-ring (bicyclic) bond motifs is 1. The van der Waals surface area contributed by atoms with Crippen LogP contribution >= 0.6 is 11.8 Å². The van der Waals surface area contributed by atoms with Crippen molar-refractivity contribution in [2.45, 2.75) is 22.2 Å². The molecule has 3 rings (SSSR count). The van der Waals surface area contributed by atoms with E-state index in [4.69, 9.17) is 4.84 Å². The number of aryl methyl sites for hydroxylation is 1. The molecule has 0 aliphatic heterocycles. The van der Waals surface area contributed by atoms with E-state index in [1.54, 1.807) is 36.7 Å². The summed E-state index contributed by atoms with van der Waals surface area (Å²) in [5.74, 6) is 0.466. The molecule has 1 aromatic carbocycles. The van der Waals surface area contributed by atoms with Gasteiger partial charge in [-0.05, 0) is 60.2 Å². The predicted octanol–water partition coefficient (Wildman–Crippen LogP) is 4.36. The lowest BCUT2D eigenvalue weighted by Gasteiger charge is -2.09. The molecule has 29 heavy (non-hydrogen) atoms. The van der Waals surface area contributed by atoms with Crippen LogP contribution in [0.3, 0.4) is 0 Å². The third-order valence-corrected chi connectivity index (χ3v) is 5.57. The van der Waals surface area contributed by atoms with Crippen LogP contribution in [0.1, 0.15) is 12.6 Å². The highest BCUT2D eigenvalue weighted by molar-refractivity contribution is 8.00. The molecule has 0 aliphatic rings. The minimum atomic E-state index is -4.37. The van der Waals surface area contributed by atoms with E-state index in [0.717, 1.165) is 0 Å². The van der Waals surface area contributed by atoms with Gasteiger partial charge in [0.25, 0.3) is 0 Å². The third kappa shape index (κ3) is 5.03. The molecule has 3 aromatic rings. The largest absolute Gasteiger partial charge is 0.612 e. The van der Waals surface area contributed by atoms with Crippen LogP contribution in [0.4, 0.5) is 13.2 Å². The van der Waals surface area contributed by atoms with E-state index in [-0.39, 0.29) is 16.7 Å². The number of hydrogen-bond acceptors (Lipinski definition) is 6. The Balaban J connectivity index is 2.05. The second kappa shape index (κ2) is 8.64. The van der Waals surface area contributed by atoms with Crippen LogP contribution < -0.4 is 0 Å². The molecule has 154 valence electrons. The number of aromatic nitrogens is 3. The van der Waals surface area contributed by atoms with Crippen molar-refractivity contribution < 1.29 is 22.6 Å². The molecule has 0 spiro atoms. The molecule has 0 radical (unpaired) electrons. The van der Waals surface area contributed by atoms with Crippen LogP contribution in [0.5, 0.6) is 0 Å². The Morgan fingerprint density at radius 3 is 2.69 bits per heavy atom. The van der Waals surface area contributed by atoms with Gasteiger partial charge in [-0.1, -0.05) is 5.16 Å². The second-order valence-electron chi connectivity index (χ2n) is 5.88. The first-order chi connectivity index (χ1) is 13.7. The molecular formula is C18H17F3N4O2S2. The maximum atomic E-state index is 12.6. The van der Waals surface area contributed by atoms with Crippen LogP contribution in [0.15, 0.2) is 45.3 Å². The van der Waals surface area contributed by atoms with E-state index >= 15 is 0 Å². The van der Waals surface area contributed by atoms with Crippen LogP contribution in [0.2, 0.25) is 0 Å². The molecule has 1 atom stereocenters. The van der Waals surface area contributed by atoms with Crippen molar-refractivity contribution in [3.8, 4) is 11.5 Å². The lowest BCUT2D eigenvalue weighted by molar-refractivity contribution is -0.0328. The van der Waals surface area contributed by atoms with Gasteiger partial charge in [-0.3, -0.25) is 0 Å². The van der Waals surface area contributed by atoms with Crippen molar-refractivity contribution in [1.29, 1.82) is 0 Å². The van der Waals surface area contributed by atoms with Gasteiger partial charge in [0.1, 0.15) is 24.3 Å². The Kier molecular flexibility index (Phi) is 6.39. The van der Waals surface area contributed by atoms with Crippen molar-refractivity contribution in [1.82, 2.24) is 14.5 Å². The number of oxime groups is 1.